The fourth-order valence-electron chi connectivity index (χ4n) is 7.71. The van der Waals surface area contributed by atoms with Crippen LogP contribution in [0.1, 0.15) is 13.7 Å². The standard InChI is InChI=1S/C51H30N4O2/c1-3-13-31(14-4-1)33-17-11-18-34(27-33)49-52-50(35-25-26-39-46(28-35)57-45-24-12-21-36(48(39)45)32-15-5-2-6-16-32)54-51(53-49)55-42-22-9-7-19-37(42)40-30-47-41(29-43(40)55)38-20-8-10-23-44(38)56-47/h1-30H/i7D,8D,9D,10D,19D,20D,22D,23D,29D,30D. The summed E-state index contributed by atoms with van der Waals surface area (Å²) in [6, 6.07) is 34.0. The molecule has 0 saturated carbocycles. The van der Waals surface area contributed by atoms with Gasteiger partial charge in [-0.15, -0.1) is 0 Å². The topological polar surface area (TPSA) is 69.9 Å². The number of nitrogens with zero attached hydrogens (tertiary/aromatic N) is 4. The highest BCUT2D eigenvalue weighted by Crippen LogP contribution is 2.40. The molecule has 4 heterocycles. The second kappa shape index (κ2) is 12.3. The summed E-state index contributed by atoms with van der Waals surface area (Å²) in [4.78, 5) is 15.0. The van der Waals surface area contributed by atoms with Gasteiger partial charge in [-0.3, -0.25) is 4.57 Å². The van der Waals surface area contributed by atoms with Gasteiger partial charge in [-0.25, -0.2) is 4.98 Å². The molecule has 12 aromatic rings. The lowest BCUT2D eigenvalue weighted by molar-refractivity contribution is 0.669. The van der Waals surface area contributed by atoms with Crippen molar-refractivity contribution < 1.29 is 22.5 Å². The molecular weight excluding hydrogens is 701 g/mol. The Kier molecular flexibility index (Phi) is 5.02. The number of hydrogen-bond donors (Lipinski definition) is 0. The first-order chi connectivity index (χ1) is 32.4. The lowest BCUT2D eigenvalue weighted by Gasteiger charge is -2.12. The molecule has 0 bridgehead atoms. The van der Waals surface area contributed by atoms with E-state index in [-0.39, 0.29) is 67.4 Å². The molecule has 4 aromatic heterocycles. The molecule has 0 spiro atoms. The highest BCUT2D eigenvalue weighted by molar-refractivity contribution is 6.17. The average Bonchev–Trinajstić information content (AvgIpc) is 4.07. The maximum Gasteiger partial charge on any atom is 0.238 e. The van der Waals surface area contributed by atoms with Crippen molar-refractivity contribution in [1.82, 2.24) is 19.5 Å². The second-order valence-corrected chi connectivity index (χ2v) is 13.6. The molecule has 57 heavy (non-hydrogen) atoms. The van der Waals surface area contributed by atoms with Crippen molar-refractivity contribution in [2.24, 2.45) is 0 Å². The smallest absolute Gasteiger partial charge is 0.238 e. The van der Waals surface area contributed by atoms with E-state index >= 15 is 0 Å². The van der Waals surface area contributed by atoms with Crippen LogP contribution < -0.4 is 0 Å². The molecule has 8 aromatic carbocycles. The SMILES string of the molecule is [2H]c1c([2H])c([2H])c2c(oc3c([2H])c4c5c([2H])c([2H])c([2H])c([2H])c5n(-c5nc(-c6cccc(-c7ccccc7)c6)nc(-c6ccc7c(c6)oc6cccc(-c8ccccc8)c67)n5)c4c([2H])c32)c1[2H]. The number of rotatable bonds is 5. The third-order valence-corrected chi connectivity index (χ3v) is 10.3. The minimum atomic E-state index is -0.573. The Morgan fingerprint density at radius 3 is 1.95 bits per heavy atom. The van der Waals surface area contributed by atoms with E-state index in [9.17, 15) is 5.48 Å². The van der Waals surface area contributed by atoms with Crippen LogP contribution in [0.3, 0.4) is 0 Å². The summed E-state index contributed by atoms with van der Waals surface area (Å²) in [5, 5.41) is 1.38. The Hall–Kier alpha value is -7.83. The van der Waals surface area contributed by atoms with Gasteiger partial charge in [0.2, 0.25) is 5.95 Å². The minimum absolute atomic E-state index is 0.0821. The Balaban J connectivity index is 1.19. The van der Waals surface area contributed by atoms with E-state index in [0.29, 0.717) is 22.3 Å². The predicted molar refractivity (Wildman–Crippen MR) is 230 cm³/mol. The van der Waals surface area contributed by atoms with Gasteiger partial charge in [-0.2, -0.15) is 9.97 Å². The first-order valence-corrected chi connectivity index (χ1v) is 18.2. The van der Waals surface area contributed by atoms with E-state index in [0.717, 1.165) is 33.0 Å². The molecule has 0 saturated heterocycles. The van der Waals surface area contributed by atoms with Gasteiger partial charge >= 0.3 is 0 Å². The van der Waals surface area contributed by atoms with Crippen LogP contribution in [0.5, 0.6) is 0 Å². The van der Waals surface area contributed by atoms with E-state index in [1.165, 1.54) is 4.57 Å². The molecule has 0 aliphatic rings. The summed E-state index contributed by atoms with van der Waals surface area (Å²) in [5.74, 6) is 0.201. The van der Waals surface area contributed by atoms with E-state index in [1.54, 1.807) is 0 Å². The van der Waals surface area contributed by atoms with Crippen molar-refractivity contribution in [3.05, 3.63) is 182 Å². The van der Waals surface area contributed by atoms with Crippen LogP contribution in [0, 0.1) is 0 Å². The summed E-state index contributed by atoms with van der Waals surface area (Å²) in [6.07, 6.45) is 0. The molecule has 0 aliphatic carbocycles. The monoisotopic (exact) mass is 740 g/mol. The zero-order chi connectivity index (χ0) is 46.2. The Morgan fingerprint density at radius 1 is 0.421 bits per heavy atom. The van der Waals surface area contributed by atoms with Gasteiger partial charge in [-0.05, 0) is 70.7 Å². The van der Waals surface area contributed by atoms with E-state index in [1.807, 2.05) is 121 Å². The molecule has 0 unspecified atom stereocenters. The largest absolute Gasteiger partial charge is 0.456 e. The van der Waals surface area contributed by atoms with Crippen LogP contribution in [-0.4, -0.2) is 19.5 Å². The van der Waals surface area contributed by atoms with Gasteiger partial charge in [0.15, 0.2) is 11.6 Å². The first-order valence-electron chi connectivity index (χ1n) is 23.2. The van der Waals surface area contributed by atoms with Gasteiger partial charge in [0, 0.05) is 43.4 Å². The quantitative estimate of drug-likeness (QED) is 0.176. The molecule has 0 amide bonds. The first kappa shape index (κ1) is 23.2. The van der Waals surface area contributed by atoms with Gasteiger partial charge in [0.05, 0.1) is 24.7 Å². The van der Waals surface area contributed by atoms with Gasteiger partial charge in [0.25, 0.3) is 0 Å². The molecule has 6 heteroatoms. The highest BCUT2D eigenvalue weighted by atomic mass is 16.3. The Morgan fingerprint density at radius 2 is 1.11 bits per heavy atom. The van der Waals surface area contributed by atoms with Gasteiger partial charge in [0.1, 0.15) is 22.3 Å². The normalized spacial score (nSPS) is 14.3. The zero-order valence-electron chi connectivity index (χ0n) is 39.7. The third-order valence-electron chi connectivity index (χ3n) is 10.3. The van der Waals surface area contributed by atoms with E-state index in [2.05, 4.69) is 0 Å². The Labute approximate surface area is 340 Å². The fourth-order valence-corrected chi connectivity index (χ4v) is 7.71. The summed E-state index contributed by atoms with van der Waals surface area (Å²) in [7, 11) is 0. The zero-order valence-corrected chi connectivity index (χ0v) is 29.7. The summed E-state index contributed by atoms with van der Waals surface area (Å²) in [6.45, 7) is 0. The molecule has 0 atom stereocenters. The lowest BCUT2D eigenvalue weighted by atomic mass is 9.99. The number of hydrogen-bond acceptors (Lipinski definition) is 5. The van der Waals surface area contributed by atoms with Crippen molar-refractivity contribution in [1.29, 1.82) is 0 Å². The maximum atomic E-state index is 9.86. The number of para-hydroxylation sites is 2. The maximum absolute atomic E-state index is 9.86. The van der Waals surface area contributed by atoms with E-state index < -0.39 is 54.4 Å². The van der Waals surface area contributed by atoms with Gasteiger partial charge < -0.3 is 8.83 Å². The molecule has 0 aliphatic heterocycles. The molecular formula is C51H30N4O2. The van der Waals surface area contributed by atoms with Crippen LogP contribution in [0.4, 0.5) is 0 Å². The van der Waals surface area contributed by atoms with Crippen molar-refractivity contribution >= 4 is 65.7 Å². The summed E-state index contributed by atoms with van der Waals surface area (Å²) < 4.78 is 104. The molecule has 0 radical (unpaired) electrons. The van der Waals surface area contributed by atoms with Crippen LogP contribution in [0.25, 0.3) is 117 Å². The molecule has 6 nitrogen and oxygen atoms in total. The molecule has 12 rings (SSSR count). The summed E-state index contributed by atoms with van der Waals surface area (Å²) >= 11 is 0. The Bertz CT molecular complexity index is 4110. The van der Waals surface area contributed by atoms with Crippen molar-refractivity contribution in [3.8, 4) is 51.0 Å². The van der Waals surface area contributed by atoms with E-state index in [4.69, 9.17) is 32.0 Å². The number of benzene rings is 8. The van der Waals surface area contributed by atoms with Crippen LogP contribution in [-0.2, 0) is 0 Å². The second-order valence-electron chi connectivity index (χ2n) is 13.6. The average molecular weight is 741 g/mol. The number of aromatic nitrogens is 4. The molecule has 0 N–H and O–H groups in total. The lowest BCUT2D eigenvalue weighted by Crippen LogP contribution is -2.06. The van der Waals surface area contributed by atoms with Crippen molar-refractivity contribution in [2.75, 3.05) is 0 Å². The van der Waals surface area contributed by atoms with Crippen molar-refractivity contribution in [3.63, 3.8) is 0 Å². The minimum Gasteiger partial charge on any atom is -0.456 e. The van der Waals surface area contributed by atoms with Crippen LogP contribution in [0.2, 0.25) is 0 Å². The number of fused-ring (bicyclic) bond motifs is 9. The van der Waals surface area contributed by atoms with Gasteiger partial charge in [-0.1, -0.05) is 133 Å². The third kappa shape index (κ3) is 5.01. The highest BCUT2D eigenvalue weighted by Gasteiger charge is 2.21. The van der Waals surface area contributed by atoms with Crippen molar-refractivity contribution in [2.45, 2.75) is 0 Å². The fraction of sp³-hybridized carbons (Fsp3) is 0. The molecule has 0 fully saturated rings. The van der Waals surface area contributed by atoms with Crippen LogP contribution >= 0.6 is 0 Å². The molecule has 266 valence electrons. The predicted octanol–water partition coefficient (Wildman–Crippen LogP) is 13.4. The number of furan rings is 2. The summed E-state index contributed by atoms with van der Waals surface area (Å²) in [5.41, 5.74) is 5.46. The van der Waals surface area contributed by atoms with Crippen LogP contribution in [0.15, 0.2) is 191 Å².